The van der Waals surface area contributed by atoms with Crippen molar-refractivity contribution < 1.29 is 32.6 Å². The Hall–Kier alpha value is -1.02. The number of rotatable bonds is 3. The summed E-state index contributed by atoms with van der Waals surface area (Å²) in [6.07, 6.45) is -5.40. The SMILES string of the molecule is COC(=O)[C@@](O)(NC(=O)CCl)C(F)(F)F. The summed E-state index contributed by atoms with van der Waals surface area (Å²) in [5.74, 6) is -4.24. The van der Waals surface area contributed by atoms with Crippen LogP contribution in [-0.2, 0) is 14.3 Å². The van der Waals surface area contributed by atoms with Crippen LogP contribution in [0.2, 0.25) is 0 Å². The van der Waals surface area contributed by atoms with Gasteiger partial charge in [0.15, 0.2) is 0 Å². The van der Waals surface area contributed by atoms with Crippen LogP contribution >= 0.6 is 11.6 Å². The molecule has 0 unspecified atom stereocenters. The van der Waals surface area contributed by atoms with Crippen LogP contribution in [0.3, 0.4) is 0 Å². The Morgan fingerprint density at radius 3 is 2.20 bits per heavy atom. The Morgan fingerprint density at radius 1 is 1.47 bits per heavy atom. The molecule has 15 heavy (non-hydrogen) atoms. The van der Waals surface area contributed by atoms with E-state index in [4.69, 9.17) is 16.7 Å². The largest absolute Gasteiger partial charge is 0.465 e. The minimum atomic E-state index is -5.40. The summed E-state index contributed by atoms with van der Waals surface area (Å²) in [4.78, 5) is 21.3. The minimum absolute atomic E-state index is 0.631. The third-order valence-electron chi connectivity index (χ3n) is 1.33. The van der Waals surface area contributed by atoms with Gasteiger partial charge in [-0.2, -0.15) is 13.2 Å². The topological polar surface area (TPSA) is 75.6 Å². The third kappa shape index (κ3) is 2.96. The van der Waals surface area contributed by atoms with Crippen molar-refractivity contribution in [2.75, 3.05) is 13.0 Å². The van der Waals surface area contributed by atoms with Crippen LogP contribution < -0.4 is 5.32 Å². The molecule has 0 aromatic heterocycles. The van der Waals surface area contributed by atoms with E-state index in [-0.39, 0.29) is 0 Å². The summed E-state index contributed by atoms with van der Waals surface area (Å²) in [5.41, 5.74) is -4.08. The van der Waals surface area contributed by atoms with Crippen molar-refractivity contribution >= 4 is 23.5 Å². The van der Waals surface area contributed by atoms with Crippen LogP contribution in [0, 0.1) is 0 Å². The number of carbonyl (C=O) groups excluding carboxylic acids is 2. The lowest BCUT2D eigenvalue weighted by atomic mass is 10.2. The molecule has 9 heteroatoms. The average Bonchev–Trinajstić information content (AvgIpc) is 2.14. The number of carbonyl (C=O) groups is 2. The Balaban J connectivity index is 5.04. The fourth-order valence-electron chi connectivity index (χ4n) is 0.621. The number of nitrogens with one attached hydrogen (secondary N) is 1. The molecule has 0 aromatic rings. The van der Waals surface area contributed by atoms with Crippen LogP contribution in [0.1, 0.15) is 0 Å². The molecule has 2 N–H and O–H groups in total. The molecule has 0 bridgehead atoms. The standard InChI is InChI=1S/C6H7ClF3NO4/c1-15-4(13)5(14,6(8,9)10)11-3(12)2-7/h14H,2H2,1H3,(H,11,12)/t5-/m0/s1. The molecule has 0 fully saturated rings. The lowest BCUT2D eigenvalue weighted by Crippen LogP contribution is -2.64. The van der Waals surface area contributed by atoms with E-state index in [1.54, 1.807) is 0 Å². The average molecular weight is 250 g/mol. The van der Waals surface area contributed by atoms with Crippen LogP contribution in [0.5, 0.6) is 0 Å². The zero-order chi connectivity index (χ0) is 12.3. The van der Waals surface area contributed by atoms with E-state index >= 15 is 0 Å². The van der Waals surface area contributed by atoms with Crippen LogP contribution in [0.15, 0.2) is 0 Å². The molecular formula is C6H7ClF3NO4. The van der Waals surface area contributed by atoms with Gasteiger partial charge in [0.25, 0.3) is 0 Å². The number of alkyl halides is 4. The molecule has 0 aliphatic heterocycles. The van der Waals surface area contributed by atoms with Crippen molar-refractivity contribution in [2.45, 2.75) is 11.9 Å². The lowest BCUT2D eigenvalue weighted by Gasteiger charge is -2.27. The quantitative estimate of drug-likeness (QED) is 0.411. The Bertz CT molecular complexity index is 270. The monoisotopic (exact) mass is 249 g/mol. The van der Waals surface area contributed by atoms with E-state index < -0.39 is 29.7 Å². The summed E-state index contributed by atoms with van der Waals surface area (Å²) in [5, 5.41) is 9.95. The van der Waals surface area contributed by atoms with Gasteiger partial charge < -0.3 is 15.2 Å². The Kier molecular flexibility index (Phi) is 4.35. The number of ether oxygens (including phenoxy) is 1. The maximum absolute atomic E-state index is 12.2. The molecule has 0 rings (SSSR count). The van der Waals surface area contributed by atoms with Crippen molar-refractivity contribution in [3.8, 4) is 0 Å². The fraction of sp³-hybridized carbons (Fsp3) is 0.667. The molecule has 0 heterocycles. The Labute approximate surface area is 87.1 Å². The molecule has 1 amide bonds. The second-order valence-electron chi connectivity index (χ2n) is 2.38. The van der Waals surface area contributed by atoms with Crippen molar-refractivity contribution in [1.82, 2.24) is 5.32 Å². The van der Waals surface area contributed by atoms with Gasteiger partial charge in [-0.1, -0.05) is 0 Å². The van der Waals surface area contributed by atoms with Crippen LogP contribution in [-0.4, -0.2) is 41.9 Å². The maximum Gasteiger partial charge on any atom is 0.448 e. The summed E-state index contributed by atoms with van der Waals surface area (Å²) in [6.45, 7) is 0. The number of hydrogen-bond acceptors (Lipinski definition) is 4. The maximum atomic E-state index is 12.2. The zero-order valence-corrected chi connectivity index (χ0v) is 8.15. The van der Waals surface area contributed by atoms with Gasteiger partial charge in [0, 0.05) is 0 Å². The van der Waals surface area contributed by atoms with Crippen molar-refractivity contribution in [3.63, 3.8) is 0 Å². The van der Waals surface area contributed by atoms with E-state index in [9.17, 15) is 22.8 Å². The van der Waals surface area contributed by atoms with Crippen LogP contribution in [0.25, 0.3) is 0 Å². The Morgan fingerprint density at radius 2 is 1.93 bits per heavy atom. The number of esters is 1. The molecule has 0 saturated carbocycles. The first kappa shape index (κ1) is 14.0. The fourth-order valence-corrected chi connectivity index (χ4v) is 0.687. The lowest BCUT2D eigenvalue weighted by molar-refractivity contribution is -0.270. The smallest absolute Gasteiger partial charge is 0.448 e. The third-order valence-corrected chi connectivity index (χ3v) is 1.58. The number of halogens is 4. The number of amides is 1. The summed E-state index contributed by atoms with van der Waals surface area (Å²) in [6, 6.07) is 0. The van der Waals surface area contributed by atoms with Gasteiger partial charge in [-0.15, -0.1) is 11.6 Å². The van der Waals surface area contributed by atoms with Gasteiger partial charge in [0.05, 0.1) is 7.11 Å². The van der Waals surface area contributed by atoms with Crippen molar-refractivity contribution in [1.29, 1.82) is 0 Å². The van der Waals surface area contributed by atoms with Gasteiger partial charge >= 0.3 is 17.9 Å². The molecule has 0 spiro atoms. The van der Waals surface area contributed by atoms with E-state index in [1.165, 1.54) is 0 Å². The van der Waals surface area contributed by atoms with Gasteiger partial charge in [-0.05, 0) is 0 Å². The predicted molar refractivity (Wildman–Crippen MR) is 41.9 cm³/mol. The van der Waals surface area contributed by atoms with Crippen molar-refractivity contribution in [2.24, 2.45) is 0 Å². The first-order valence-corrected chi connectivity index (χ1v) is 3.97. The van der Waals surface area contributed by atoms with E-state index in [1.807, 2.05) is 0 Å². The molecule has 88 valence electrons. The molecule has 1 atom stereocenters. The highest BCUT2D eigenvalue weighted by atomic mass is 35.5. The minimum Gasteiger partial charge on any atom is -0.465 e. The summed E-state index contributed by atoms with van der Waals surface area (Å²) < 4.78 is 40.4. The molecule has 0 saturated heterocycles. The predicted octanol–water partition coefficient (Wildman–Crippen LogP) is -0.235. The summed E-state index contributed by atoms with van der Waals surface area (Å²) in [7, 11) is 0.631. The first-order chi connectivity index (χ1) is 6.69. The number of hydrogen-bond donors (Lipinski definition) is 2. The molecule has 0 aliphatic carbocycles. The second kappa shape index (κ2) is 4.67. The first-order valence-electron chi connectivity index (χ1n) is 3.43. The van der Waals surface area contributed by atoms with Gasteiger partial charge in [0.2, 0.25) is 5.91 Å². The number of aliphatic hydroxyl groups is 1. The van der Waals surface area contributed by atoms with Gasteiger partial charge in [0.1, 0.15) is 5.88 Å². The van der Waals surface area contributed by atoms with Crippen LogP contribution in [0.4, 0.5) is 13.2 Å². The normalized spacial score (nSPS) is 15.3. The van der Waals surface area contributed by atoms with E-state index in [0.717, 1.165) is 5.32 Å². The molecule has 0 aliphatic rings. The molecule has 0 aromatic carbocycles. The highest BCUT2D eigenvalue weighted by Gasteiger charge is 2.62. The van der Waals surface area contributed by atoms with E-state index in [0.29, 0.717) is 7.11 Å². The zero-order valence-electron chi connectivity index (χ0n) is 7.39. The highest BCUT2D eigenvalue weighted by Crippen LogP contribution is 2.29. The molecule has 0 radical (unpaired) electrons. The second-order valence-corrected chi connectivity index (χ2v) is 2.65. The molecule has 5 nitrogen and oxygen atoms in total. The van der Waals surface area contributed by atoms with Gasteiger partial charge in [-0.3, -0.25) is 4.79 Å². The van der Waals surface area contributed by atoms with E-state index in [2.05, 4.69) is 4.74 Å². The summed E-state index contributed by atoms with van der Waals surface area (Å²) >= 11 is 4.91. The number of methoxy groups -OCH3 is 1. The molecular weight excluding hydrogens is 243 g/mol. The van der Waals surface area contributed by atoms with Crippen molar-refractivity contribution in [3.05, 3.63) is 0 Å². The highest BCUT2D eigenvalue weighted by molar-refractivity contribution is 6.27. The van der Waals surface area contributed by atoms with Gasteiger partial charge in [-0.25, -0.2) is 4.79 Å².